The van der Waals surface area contributed by atoms with E-state index in [0.29, 0.717) is 28.2 Å². The van der Waals surface area contributed by atoms with E-state index >= 15 is 0 Å². The molecule has 0 radical (unpaired) electrons. The molecule has 0 saturated heterocycles. The second-order valence-electron chi connectivity index (χ2n) is 7.04. The number of nitrogens with zero attached hydrogens (tertiary/aromatic N) is 4. The Balaban J connectivity index is 1.42. The number of nitrogens with one attached hydrogen (secondary N) is 1. The first-order chi connectivity index (χ1) is 16.2. The predicted molar refractivity (Wildman–Crippen MR) is 124 cm³/mol. The van der Waals surface area contributed by atoms with E-state index in [2.05, 4.69) is 20.5 Å². The van der Waals surface area contributed by atoms with Gasteiger partial charge >= 0.3 is 5.88 Å². The number of fused-ring (bicyclic) bond motifs is 3. The van der Waals surface area contributed by atoms with Gasteiger partial charge in [-0.3, -0.25) is 10.1 Å². The molecule has 0 fully saturated rings. The van der Waals surface area contributed by atoms with Crippen LogP contribution in [0.5, 0.6) is 5.88 Å². The van der Waals surface area contributed by atoms with Gasteiger partial charge in [0.05, 0.1) is 6.07 Å². The summed E-state index contributed by atoms with van der Waals surface area (Å²) < 4.78 is 11.3. The highest BCUT2D eigenvalue weighted by molar-refractivity contribution is 7.98. The van der Waals surface area contributed by atoms with Gasteiger partial charge in [0.1, 0.15) is 10.7 Å². The van der Waals surface area contributed by atoms with E-state index in [1.165, 1.54) is 23.9 Å². The van der Waals surface area contributed by atoms with Crippen molar-refractivity contribution in [3.63, 3.8) is 0 Å². The maximum Gasteiger partial charge on any atom is 0.433 e. The van der Waals surface area contributed by atoms with E-state index < -0.39 is 11.2 Å². The minimum absolute atomic E-state index is 0.322. The first-order valence-corrected chi connectivity index (χ1v) is 11.0. The molecule has 1 aliphatic heterocycles. The number of benzene rings is 2. The van der Waals surface area contributed by atoms with Crippen LogP contribution in [-0.2, 0) is 5.75 Å². The lowest BCUT2D eigenvalue weighted by Crippen LogP contribution is -2.23. The maximum absolute atomic E-state index is 10.8. The second kappa shape index (κ2) is 9.13. The van der Waals surface area contributed by atoms with Crippen LogP contribution in [0.25, 0.3) is 17.3 Å². The number of ether oxygens (including phenoxy) is 1. The molecule has 0 unspecified atom stereocenters. The molecule has 33 heavy (non-hydrogen) atoms. The molecule has 1 N–H and O–H groups in total. The van der Waals surface area contributed by atoms with Crippen LogP contribution in [0.4, 0.5) is 11.6 Å². The van der Waals surface area contributed by atoms with Crippen molar-refractivity contribution in [2.45, 2.75) is 17.1 Å². The van der Waals surface area contributed by atoms with Crippen molar-refractivity contribution in [2.24, 2.45) is 0 Å². The van der Waals surface area contributed by atoms with Crippen molar-refractivity contribution < 1.29 is 14.1 Å². The lowest BCUT2D eigenvalue weighted by Gasteiger charge is -2.15. The molecule has 164 valence electrons. The summed E-state index contributed by atoms with van der Waals surface area (Å²) in [5.41, 5.74) is 3.31. The van der Waals surface area contributed by atoms with Gasteiger partial charge in [0.2, 0.25) is 11.0 Å². The van der Waals surface area contributed by atoms with Crippen molar-refractivity contribution in [1.29, 1.82) is 0 Å². The van der Waals surface area contributed by atoms with Gasteiger partial charge < -0.3 is 14.5 Å². The monoisotopic (exact) mass is 459 g/mol. The molecule has 5 rings (SSSR count). The van der Waals surface area contributed by atoms with Gasteiger partial charge in [-0.1, -0.05) is 60.3 Å². The molecule has 0 amide bonds. The number of hydrogen-bond donors (Lipinski definition) is 1. The van der Waals surface area contributed by atoms with Gasteiger partial charge in [-0.2, -0.15) is 4.98 Å². The van der Waals surface area contributed by atoms with Crippen LogP contribution < -0.4 is 10.1 Å². The topological polar surface area (TPSA) is 116 Å². The zero-order chi connectivity index (χ0) is 22.6. The standard InChI is InChI=1S/C23H17N5O4S/c29-28(30)20-13-11-16(31-20)10-12-19-24-18-9-5-4-8-17(18)21-22(32-19)25-23(27-26-21)33-14-15-6-2-1-3-7-15/h1-13,19,24H,14H2/b12-10+/t19-/m1/s1. The van der Waals surface area contributed by atoms with Gasteiger partial charge in [-0.05, 0) is 29.8 Å². The summed E-state index contributed by atoms with van der Waals surface area (Å²) in [7, 11) is 0. The van der Waals surface area contributed by atoms with Crippen LogP contribution in [0.15, 0.2) is 82.4 Å². The third-order valence-electron chi connectivity index (χ3n) is 4.79. The minimum atomic E-state index is -0.611. The molecule has 9 nitrogen and oxygen atoms in total. The Morgan fingerprint density at radius 1 is 1.06 bits per heavy atom. The number of anilines is 1. The molecule has 4 aromatic rings. The van der Waals surface area contributed by atoms with Gasteiger partial charge in [0.15, 0.2) is 11.9 Å². The molecule has 3 heterocycles. The van der Waals surface area contributed by atoms with E-state index in [0.717, 1.165) is 16.8 Å². The van der Waals surface area contributed by atoms with E-state index in [4.69, 9.17) is 9.15 Å². The van der Waals surface area contributed by atoms with Gasteiger partial charge in [-0.25, -0.2) is 0 Å². The van der Waals surface area contributed by atoms with Gasteiger partial charge in [0, 0.05) is 17.0 Å². The third-order valence-corrected chi connectivity index (χ3v) is 5.70. The predicted octanol–water partition coefficient (Wildman–Crippen LogP) is 5.18. The van der Waals surface area contributed by atoms with E-state index in [1.807, 2.05) is 54.6 Å². The Morgan fingerprint density at radius 2 is 1.88 bits per heavy atom. The van der Waals surface area contributed by atoms with Crippen molar-refractivity contribution in [3.8, 4) is 17.1 Å². The summed E-state index contributed by atoms with van der Waals surface area (Å²) in [5.74, 6) is 1.07. The highest BCUT2D eigenvalue weighted by atomic mass is 32.2. The SMILES string of the molecule is O=[N+]([O-])c1ccc(/C=C/[C@@H]2Nc3ccccc3-c3nnc(SCc4ccccc4)nc3O2)o1. The average molecular weight is 459 g/mol. The number of nitro groups is 1. The number of furan rings is 1. The normalized spacial score (nSPS) is 14.6. The van der Waals surface area contributed by atoms with E-state index in [9.17, 15) is 10.1 Å². The van der Waals surface area contributed by atoms with Crippen molar-refractivity contribution in [3.05, 3.63) is 94.2 Å². The first kappa shape index (κ1) is 20.7. The number of para-hydroxylation sites is 1. The van der Waals surface area contributed by atoms with E-state index in [1.54, 1.807) is 12.2 Å². The molecule has 10 heteroatoms. The van der Waals surface area contributed by atoms with Gasteiger partial charge in [0.25, 0.3) is 0 Å². The molecule has 0 saturated carbocycles. The molecule has 0 spiro atoms. The van der Waals surface area contributed by atoms with E-state index in [-0.39, 0.29) is 5.88 Å². The van der Waals surface area contributed by atoms with Crippen LogP contribution >= 0.6 is 11.8 Å². The molecule has 0 bridgehead atoms. The fourth-order valence-corrected chi connectivity index (χ4v) is 3.98. The van der Waals surface area contributed by atoms with Crippen LogP contribution in [0.2, 0.25) is 0 Å². The number of thioether (sulfide) groups is 1. The quantitative estimate of drug-likeness (QED) is 0.236. The Labute approximate surface area is 192 Å². The maximum atomic E-state index is 10.8. The lowest BCUT2D eigenvalue weighted by molar-refractivity contribution is -0.402. The fourth-order valence-electron chi connectivity index (χ4n) is 3.25. The molecule has 2 aromatic carbocycles. The molecular formula is C23H17N5O4S. The third kappa shape index (κ3) is 4.70. The zero-order valence-corrected chi connectivity index (χ0v) is 17.9. The van der Waals surface area contributed by atoms with Crippen LogP contribution in [-0.4, -0.2) is 26.3 Å². The summed E-state index contributed by atoms with van der Waals surface area (Å²) >= 11 is 1.47. The first-order valence-electron chi connectivity index (χ1n) is 10.0. The van der Waals surface area contributed by atoms with Crippen molar-refractivity contribution in [1.82, 2.24) is 15.2 Å². The molecule has 1 aliphatic rings. The summed E-state index contributed by atoms with van der Waals surface area (Å²) in [6.45, 7) is 0. The van der Waals surface area contributed by atoms with Crippen molar-refractivity contribution in [2.75, 3.05) is 5.32 Å². The Bertz CT molecular complexity index is 1330. The highest BCUT2D eigenvalue weighted by Gasteiger charge is 2.24. The fraction of sp³-hybridized carbons (Fsp3) is 0.0870. The van der Waals surface area contributed by atoms with Gasteiger partial charge in [-0.15, -0.1) is 10.2 Å². The summed E-state index contributed by atoms with van der Waals surface area (Å²) in [4.78, 5) is 14.9. The molecule has 0 aliphatic carbocycles. The Hall–Kier alpha value is -4.18. The summed E-state index contributed by atoms with van der Waals surface area (Å²) in [6.07, 6.45) is 2.70. The Morgan fingerprint density at radius 3 is 2.70 bits per heavy atom. The summed E-state index contributed by atoms with van der Waals surface area (Å²) in [6, 6.07) is 20.5. The molecule has 2 aromatic heterocycles. The number of rotatable bonds is 6. The van der Waals surface area contributed by atoms with Crippen LogP contribution in [0, 0.1) is 10.1 Å². The lowest BCUT2D eigenvalue weighted by atomic mass is 10.1. The number of hydrogen-bond acceptors (Lipinski definition) is 9. The largest absolute Gasteiger partial charge is 0.448 e. The smallest absolute Gasteiger partial charge is 0.433 e. The van der Waals surface area contributed by atoms with Crippen LogP contribution in [0.1, 0.15) is 11.3 Å². The Kier molecular flexibility index (Phi) is 5.73. The van der Waals surface area contributed by atoms with Crippen LogP contribution in [0.3, 0.4) is 0 Å². The molecule has 1 atom stereocenters. The van der Waals surface area contributed by atoms with Crippen molar-refractivity contribution >= 4 is 29.4 Å². The zero-order valence-electron chi connectivity index (χ0n) is 17.1. The average Bonchev–Trinajstić information content (AvgIpc) is 3.26. The minimum Gasteiger partial charge on any atom is -0.448 e. The summed E-state index contributed by atoms with van der Waals surface area (Å²) in [5, 5.41) is 23.3. The number of aromatic nitrogens is 3. The molecular weight excluding hydrogens is 442 g/mol. The second-order valence-corrected chi connectivity index (χ2v) is 7.99. The highest BCUT2D eigenvalue weighted by Crippen LogP contribution is 2.36.